The third-order valence-corrected chi connectivity index (χ3v) is 2.96. The van der Waals surface area contributed by atoms with Crippen LogP contribution in [0.2, 0.25) is 5.02 Å². The summed E-state index contributed by atoms with van der Waals surface area (Å²) in [6, 6.07) is 8.38. The maximum atomic E-state index is 6.22. The van der Waals surface area contributed by atoms with Gasteiger partial charge in [0.2, 0.25) is 0 Å². The normalized spacial score (nSPS) is 15.1. The number of nitrogens with one attached hydrogen (secondary N) is 1. The van der Waals surface area contributed by atoms with E-state index in [4.69, 9.17) is 11.6 Å². The number of nitrogens with zero attached hydrogens (tertiary/aromatic N) is 2. The zero-order valence-corrected chi connectivity index (χ0v) is 9.48. The third-order valence-electron chi connectivity index (χ3n) is 2.66. The van der Waals surface area contributed by atoms with E-state index in [0.717, 1.165) is 11.4 Å². The predicted molar refractivity (Wildman–Crippen MR) is 65.2 cm³/mol. The van der Waals surface area contributed by atoms with Gasteiger partial charge in [-0.3, -0.25) is 0 Å². The minimum Gasteiger partial charge on any atom is -0.381 e. The lowest BCUT2D eigenvalue weighted by atomic mass is 10.2. The Morgan fingerprint density at radius 2 is 2.19 bits per heavy atom. The number of halogens is 1. The van der Waals surface area contributed by atoms with Gasteiger partial charge >= 0.3 is 0 Å². The second-order valence-corrected chi connectivity index (χ2v) is 4.41. The summed E-state index contributed by atoms with van der Waals surface area (Å²) in [5, 5.41) is 8.41. The maximum Gasteiger partial charge on any atom is 0.106 e. The lowest BCUT2D eigenvalue weighted by molar-refractivity contribution is 0.879. The SMILES string of the molecule is Clc1cccc(NC2CC2)c1-n1cccn1. The minimum atomic E-state index is 0.604. The van der Waals surface area contributed by atoms with Gasteiger partial charge in [-0.05, 0) is 31.0 Å². The number of aromatic nitrogens is 2. The van der Waals surface area contributed by atoms with E-state index in [0.29, 0.717) is 11.1 Å². The van der Waals surface area contributed by atoms with Crippen molar-refractivity contribution in [3.63, 3.8) is 0 Å². The van der Waals surface area contributed by atoms with Crippen molar-refractivity contribution in [2.24, 2.45) is 0 Å². The van der Waals surface area contributed by atoms with Crippen molar-refractivity contribution in [2.75, 3.05) is 5.32 Å². The number of hydrogen-bond donors (Lipinski definition) is 1. The fraction of sp³-hybridized carbons (Fsp3) is 0.250. The van der Waals surface area contributed by atoms with Crippen LogP contribution in [0.5, 0.6) is 0 Å². The summed E-state index contributed by atoms with van der Waals surface area (Å²) in [7, 11) is 0. The quantitative estimate of drug-likeness (QED) is 0.883. The Labute approximate surface area is 99.0 Å². The average Bonchev–Trinajstić information content (AvgIpc) is 2.93. The molecule has 82 valence electrons. The second kappa shape index (κ2) is 3.83. The molecule has 0 amide bonds. The molecule has 0 bridgehead atoms. The molecule has 3 nitrogen and oxygen atoms in total. The Morgan fingerprint density at radius 3 is 2.88 bits per heavy atom. The average molecular weight is 234 g/mol. The summed E-state index contributed by atoms with van der Waals surface area (Å²) in [6.07, 6.45) is 6.14. The lowest BCUT2D eigenvalue weighted by Crippen LogP contribution is -2.06. The van der Waals surface area contributed by atoms with Crippen molar-refractivity contribution in [3.8, 4) is 5.69 Å². The first-order valence-corrected chi connectivity index (χ1v) is 5.77. The highest BCUT2D eigenvalue weighted by Gasteiger charge is 2.22. The zero-order valence-electron chi connectivity index (χ0n) is 8.73. The Bertz CT molecular complexity index is 489. The van der Waals surface area contributed by atoms with E-state index in [1.54, 1.807) is 10.9 Å². The van der Waals surface area contributed by atoms with Gasteiger partial charge in [0.25, 0.3) is 0 Å². The summed E-state index contributed by atoms with van der Waals surface area (Å²) in [6.45, 7) is 0. The van der Waals surface area contributed by atoms with Gasteiger partial charge in [-0.2, -0.15) is 5.10 Å². The summed E-state index contributed by atoms with van der Waals surface area (Å²) < 4.78 is 1.80. The van der Waals surface area contributed by atoms with E-state index in [1.165, 1.54) is 12.8 Å². The van der Waals surface area contributed by atoms with Gasteiger partial charge in [0.1, 0.15) is 5.69 Å². The molecule has 16 heavy (non-hydrogen) atoms. The summed E-state index contributed by atoms with van der Waals surface area (Å²) >= 11 is 6.22. The monoisotopic (exact) mass is 233 g/mol. The van der Waals surface area contributed by atoms with Gasteiger partial charge in [0, 0.05) is 18.4 Å². The van der Waals surface area contributed by atoms with Crippen molar-refractivity contribution >= 4 is 17.3 Å². The molecule has 1 aliphatic rings. The molecule has 1 aromatic carbocycles. The van der Waals surface area contributed by atoms with Gasteiger partial charge in [0.05, 0.1) is 10.7 Å². The molecule has 0 atom stereocenters. The van der Waals surface area contributed by atoms with Crippen LogP contribution in [0.3, 0.4) is 0 Å². The highest BCUT2D eigenvalue weighted by atomic mass is 35.5. The first-order chi connectivity index (χ1) is 7.84. The van der Waals surface area contributed by atoms with Crippen LogP contribution in [0.15, 0.2) is 36.7 Å². The Balaban J connectivity index is 2.05. The highest BCUT2D eigenvalue weighted by molar-refractivity contribution is 6.33. The van der Waals surface area contributed by atoms with Crippen molar-refractivity contribution in [1.29, 1.82) is 0 Å². The molecule has 2 aromatic rings. The van der Waals surface area contributed by atoms with Gasteiger partial charge in [-0.25, -0.2) is 4.68 Å². The van der Waals surface area contributed by atoms with Crippen molar-refractivity contribution in [3.05, 3.63) is 41.7 Å². The first kappa shape index (κ1) is 9.73. The van der Waals surface area contributed by atoms with Crippen LogP contribution in [0.25, 0.3) is 5.69 Å². The lowest BCUT2D eigenvalue weighted by Gasteiger charge is -2.12. The van der Waals surface area contributed by atoms with Crippen LogP contribution < -0.4 is 5.32 Å². The van der Waals surface area contributed by atoms with Crippen LogP contribution >= 0.6 is 11.6 Å². The van der Waals surface area contributed by atoms with Crippen LogP contribution in [0.4, 0.5) is 5.69 Å². The molecule has 1 N–H and O–H groups in total. The van der Waals surface area contributed by atoms with Crippen LogP contribution in [0, 0.1) is 0 Å². The van der Waals surface area contributed by atoms with Gasteiger partial charge in [-0.15, -0.1) is 0 Å². The van der Waals surface area contributed by atoms with Gasteiger partial charge in [0.15, 0.2) is 0 Å². The molecule has 1 aliphatic carbocycles. The molecule has 1 aromatic heterocycles. The molecular weight excluding hydrogens is 222 g/mol. The second-order valence-electron chi connectivity index (χ2n) is 4.01. The van der Waals surface area contributed by atoms with E-state index in [2.05, 4.69) is 10.4 Å². The van der Waals surface area contributed by atoms with E-state index in [-0.39, 0.29) is 0 Å². The molecule has 4 heteroatoms. The molecule has 1 saturated carbocycles. The molecule has 0 aliphatic heterocycles. The van der Waals surface area contributed by atoms with Gasteiger partial charge in [-0.1, -0.05) is 17.7 Å². The smallest absolute Gasteiger partial charge is 0.106 e. The Morgan fingerprint density at radius 1 is 1.31 bits per heavy atom. The first-order valence-electron chi connectivity index (χ1n) is 5.39. The molecule has 0 spiro atoms. The van der Waals surface area contributed by atoms with Crippen molar-refractivity contribution in [2.45, 2.75) is 18.9 Å². The van der Waals surface area contributed by atoms with Crippen molar-refractivity contribution < 1.29 is 0 Å². The summed E-state index contributed by atoms with van der Waals surface area (Å²) in [4.78, 5) is 0. The van der Waals surface area contributed by atoms with E-state index in [1.807, 2.05) is 30.5 Å². The Hall–Kier alpha value is -1.48. The standard InChI is InChI=1S/C12H12ClN3/c13-10-3-1-4-11(15-9-5-6-9)12(10)16-8-2-7-14-16/h1-4,7-9,15H,5-6H2. The van der Waals surface area contributed by atoms with Gasteiger partial charge < -0.3 is 5.32 Å². The molecule has 1 heterocycles. The van der Waals surface area contributed by atoms with Crippen molar-refractivity contribution in [1.82, 2.24) is 9.78 Å². The van der Waals surface area contributed by atoms with E-state index >= 15 is 0 Å². The highest BCUT2D eigenvalue weighted by Crippen LogP contribution is 2.32. The van der Waals surface area contributed by atoms with E-state index < -0.39 is 0 Å². The molecule has 0 radical (unpaired) electrons. The van der Waals surface area contributed by atoms with Crippen LogP contribution in [-0.4, -0.2) is 15.8 Å². The maximum absolute atomic E-state index is 6.22. The molecular formula is C12H12ClN3. The number of hydrogen-bond acceptors (Lipinski definition) is 2. The number of benzene rings is 1. The number of para-hydroxylation sites is 1. The molecule has 1 fully saturated rings. The number of rotatable bonds is 3. The third kappa shape index (κ3) is 1.78. The van der Waals surface area contributed by atoms with Crippen LogP contribution in [-0.2, 0) is 0 Å². The predicted octanol–water partition coefficient (Wildman–Crippen LogP) is 3.10. The fourth-order valence-corrected chi connectivity index (χ4v) is 1.97. The van der Waals surface area contributed by atoms with E-state index in [9.17, 15) is 0 Å². The Kier molecular flexibility index (Phi) is 2.33. The largest absolute Gasteiger partial charge is 0.381 e. The van der Waals surface area contributed by atoms with Crippen LogP contribution in [0.1, 0.15) is 12.8 Å². The fourth-order valence-electron chi connectivity index (χ4n) is 1.71. The topological polar surface area (TPSA) is 29.9 Å². The zero-order chi connectivity index (χ0) is 11.0. The summed E-state index contributed by atoms with van der Waals surface area (Å²) in [5.41, 5.74) is 1.99. The minimum absolute atomic E-state index is 0.604. The number of anilines is 1. The molecule has 0 saturated heterocycles. The summed E-state index contributed by atoms with van der Waals surface area (Å²) in [5.74, 6) is 0. The molecule has 3 rings (SSSR count). The molecule has 0 unspecified atom stereocenters.